The van der Waals surface area contributed by atoms with Gasteiger partial charge in [0.15, 0.2) is 0 Å². The molecule has 1 saturated carbocycles. The number of aliphatic hydroxyl groups is 2. The summed E-state index contributed by atoms with van der Waals surface area (Å²) >= 11 is 0. The minimum absolute atomic E-state index is 0.0785. The van der Waals surface area contributed by atoms with E-state index in [1.165, 1.54) is 18.2 Å². The number of nitrogen functional groups attached to an aromatic ring is 1. The summed E-state index contributed by atoms with van der Waals surface area (Å²) < 4.78 is 1.91. The summed E-state index contributed by atoms with van der Waals surface area (Å²) in [5.74, 6) is 0.270. The molecule has 0 unspecified atom stereocenters. The highest BCUT2D eigenvalue weighted by Crippen LogP contribution is 2.40. The van der Waals surface area contributed by atoms with Crippen LogP contribution in [-0.4, -0.2) is 73.1 Å². The zero-order valence-corrected chi connectivity index (χ0v) is 20.7. The zero-order valence-electron chi connectivity index (χ0n) is 20.7. The van der Waals surface area contributed by atoms with Gasteiger partial charge in [0.2, 0.25) is 0 Å². The number of nitrogens with one attached hydrogen (secondary N) is 2. The summed E-state index contributed by atoms with van der Waals surface area (Å²) in [5, 5.41) is 29.4. The van der Waals surface area contributed by atoms with E-state index in [1.807, 2.05) is 16.8 Å². The summed E-state index contributed by atoms with van der Waals surface area (Å²) in [4.78, 5) is 17.0. The van der Waals surface area contributed by atoms with Crippen molar-refractivity contribution < 1.29 is 10.2 Å². The van der Waals surface area contributed by atoms with Crippen LogP contribution >= 0.6 is 0 Å². The van der Waals surface area contributed by atoms with Gasteiger partial charge in [-0.15, -0.1) is 0 Å². The molecule has 0 bridgehead atoms. The van der Waals surface area contributed by atoms with Gasteiger partial charge in [0.1, 0.15) is 30.2 Å². The van der Waals surface area contributed by atoms with Crippen molar-refractivity contribution in [1.29, 1.82) is 0 Å². The molecule has 5 rings (SSSR count). The SMILES string of the molecule is Nc1ncnc2c1c(-c1ccncn1)cn2[C@@H]1C[C@H](CNCCCNCCc2ccccc2)[C@@H](O)[C@H]1O. The average Bonchev–Trinajstić information content (AvgIpc) is 3.45. The van der Waals surface area contributed by atoms with Crippen LogP contribution in [0.25, 0.3) is 22.3 Å². The molecule has 194 valence electrons. The van der Waals surface area contributed by atoms with Crippen LogP contribution in [0.5, 0.6) is 0 Å². The topological polar surface area (TPSA) is 147 Å². The normalized spacial score (nSPS) is 21.6. The Morgan fingerprint density at radius 1 is 0.946 bits per heavy atom. The quantitative estimate of drug-likeness (QED) is 0.193. The first kappa shape index (κ1) is 25.2. The van der Waals surface area contributed by atoms with E-state index in [2.05, 4.69) is 54.8 Å². The van der Waals surface area contributed by atoms with Crippen molar-refractivity contribution in [3.8, 4) is 11.3 Å². The van der Waals surface area contributed by atoms with Crippen LogP contribution in [0.2, 0.25) is 0 Å². The third-order valence-corrected chi connectivity index (χ3v) is 7.17. The number of anilines is 1. The third-order valence-electron chi connectivity index (χ3n) is 7.17. The van der Waals surface area contributed by atoms with Gasteiger partial charge in [0.05, 0.1) is 23.2 Å². The van der Waals surface area contributed by atoms with Gasteiger partial charge in [0, 0.05) is 30.4 Å². The van der Waals surface area contributed by atoms with Crippen molar-refractivity contribution in [3.05, 3.63) is 67.0 Å². The van der Waals surface area contributed by atoms with E-state index in [1.54, 1.807) is 12.3 Å². The lowest BCUT2D eigenvalue weighted by molar-refractivity contribution is 0.00695. The maximum Gasteiger partial charge on any atom is 0.146 e. The van der Waals surface area contributed by atoms with Crippen LogP contribution in [0.1, 0.15) is 24.4 Å². The van der Waals surface area contributed by atoms with Gasteiger partial charge in [0.25, 0.3) is 0 Å². The van der Waals surface area contributed by atoms with Gasteiger partial charge in [-0.3, -0.25) is 0 Å². The van der Waals surface area contributed by atoms with Crippen LogP contribution < -0.4 is 16.4 Å². The van der Waals surface area contributed by atoms with E-state index in [0.717, 1.165) is 38.0 Å². The van der Waals surface area contributed by atoms with Crippen molar-refractivity contribution in [1.82, 2.24) is 35.1 Å². The first-order valence-corrected chi connectivity index (χ1v) is 12.8. The maximum atomic E-state index is 11.0. The van der Waals surface area contributed by atoms with Crippen LogP contribution in [0.4, 0.5) is 5.82 Å². The van der Waals surface area contributed by atoms with Crippen LogP contribution in [-0.2, 0) is 6.42 Å². The maximum absolute atomic E-state index is 11.0. The van der Waals surface area contributed by atoms with Gasteiger partial charge in [-0.1, -0.05) is 30.3 Å². The lowest BCUT2D eigenvalue weighted by atomic mass is 10.1. The van der Waals surface area contributed by atoms with E-state index in [-0.39, 0.29) is 12.0 Å². The average molecular weight is 503 g/mol. The Hall–Kier alpha value is -3.44. The number of nitrogens with two attached hydrogens (primary N) is 1. The molecule has 4 atom stereocenters. The number of aromatic nitrogens is 5. The molecule has 1 fully saturated rings. The third kappa shape index (κ3) is 5.62. The molecule has 10 nitrogen and oxygen atoms in total. The van der Waals surface area contributed by atoms with Gasteiger partial charge in [-0.25, -0.2) is 19.9 Å². The molecule has 1 aliphatic rings. The number of rotatable bonds is 11. The molecule has 0 amide bonds. The van der Waals surface area contributed by atoms with Crippen molar-refractivity contribution >= 4 is 16.9 Å². The smallest absolute Gasteiger partial charge is 0.146 e. The predicted molar refractivity (Wildman–Crippen MR) is 143 cm³/mol. The van der Waals surface area contributed by atoms with E-state index in [4.69, 9.17) is 5.73 Å². The minimum Gasteiger partial charge on any atom is -0.390 e. The Morgan fingerprint density at radius 3 is 2.59 bits per heavy atom. The lowest BCUT2D eigenvalue weighted by Crippen LogP contribution is -2.34. The molecule has 0 aliphatic heterocycles. The van der Waals surface area contributed by atoms with Gasteiger partial charge < -0.3 is 31.1 Å². The Labute approximate surface area is 216 Å². The molecule has 1 aliphatic carbocycles. The second-order valence-electron chi connectivity index (χ2n) is 9.59. The van der Waals surface area contributed by atoms with Crippen LogP contribution in [0.3, 0.4) is 0 Å². The lowest BCUT2D eigenvalue weighted by Gasteiger charge is -2.19. The molecule has 6 N–H and O–H groups in total. The van der Waals surface area contributed by atoms with Crippen molar-refractivity contribution in [2.75, 3.05) is 31.9 Å². The van der Waals surface area contributed by atoms with E-state index in [9.17, 15) is 10.2 Å². The molecular formula is C27H34N8O2. The molecule has 4 aromatic rings. The monoisotopic (exact) mass is 502 g/mol. The second-order valence-corrected chi connectivity index (χ2v) is 9.59. The molecule has 10 heteroatoms. The summed E-state index contributed by atoms with van der Waals surface area (Å²) in [5.41, 5.74) is 9.65. The molecule has 3 aromatic heterocycles. The molecule has 3 heterocycles. The molecule has 0 saturated heterocycles. The summed E-state index contributed by atoms with van der Waals surface area (Å²) in [6.07, 6.45) is 7.33. The molecule has 0 spiro atoms. The molecule has 1 aromatic carbocycles. The minimum atomic E-state index is -0.920. The number of benzene rings is 1. The number of fused-ring (bicyclic) bond motifs is 1. The zero-order chi connectivity index (χ0) is 25.6. The summed E-state index contributed by atoms with van der Waals surface area (Å²) in [7, 11) is 0. The van der Waals surface area contributed by atoms with Crippen molar-refractivity contribution in [2.24, 2.45) is 5.92 Å². The number of nitrogens with zero attached hydrogens (tertiary/aromatic N) is 5. The van der Waals surface area contributed by atoms with Crippen LogP contribution in [0.15, 0.2) is 61.4 Å². The summed E-state index contributed by atoms with van der Waals surface area (Å²) in [6.45, 7) is 3.36. The highest BCUT2D eigenvalue weighted by atomic mass is 16.3. The van der Waals surface area contributed by atoms with Gasteiger partial charge in [-0.2, -0.15) is 0 Å². The second kappa shape index (κ2) is 11.7. The van der Waals surface area contributed by atoms with E-state index in [0.29, 0.717) is 35.5 Å². The Kier molecular flexibility index (Phi) is 8.00. The fourth-order valence-electron chi connectivity index (χ4n) is 5.21. The standard InChI is InChI=1S/C27H34N8O2/c28-26-23-20(21-8-12-31-16-32-21)15-35(27(23)34-17-33-26)22-13-19(24(36)25(22)37)14-30-10-4-9-29-11-7-18-5-2-1-3-6-18/h1-3,5-6,8,12,15-17,19,22,24-25,29-30,36-37H,4,7,9-11,13-14H2,(H2,28,33,34)/t19-,22-,24-,25+/m1/s1. The summed E-state index contributed by atoms with van der Waals surface area (Å²) in [6, 6.07) is 11.9. The van der Waals surface area contributed by atoms with Crippen LogP contribution in [0, 0.1) is 5.92 Å². The number of hydrogen-bond donors (Lipinski definition) is 5. The fraction of sp³-hybridized carbons (Fsp3) is 0.407. The highest BCUT2D eigenvalue weighted by Gasteiger charge is 2.43. The van der Waals surface area contributed by atoms with Gasteiger partial charge in [-0.05, 0) is 50.5 Å². The van der Waals surface area contributed by atoms with Crippen molar-refractivity contribution in [3.63, 3.8) is 0 Å². The Bertz CT molecular complexity index is 1280. The number of aliphatic hydroxyl groups excluding tert-OH is 2. The first-order chi connectivity index (χ1) is 18.1. The highest BCUT2D eigenvalue weighted by molar-refractivity contribution is 5.99. The van der Waals surface area contributed by atoms with Gasteiger partial charge >= 0.3 is 0 Å². The van der Waals surface area contributed by atoms with E-state index < -0.39 is 12.2 Å². The number of hydrogen-bond acceptors (Lipinski definition) is 9. The molecule has 0 radical (unpaired) electrons. The Morgan fingerprint density at radius 2 is 1.78 bits per heavy atom. The first-order valence-electron chi connectivity index (χ1n) is 12.8. The molecular weight excluding hydrogens is 468 g/mol. The Balaban J connectivity index is 1.17. The van der Waals surface area contributed by atoms with Crippen molar-refractivity contribution in [2.45, 2.75) is 37.5 Å². The molecule has 37 heavy (non-hydrogen) atoms. The predicted octanol–water partition coefficient (Wildman–Crippen LogP) is 1.57. The fourth-order valence-corrected chi connectivity index (χ4v) is 5.21. The largest absolute Gasteiger partial charge is 0.390 e. The van der Waals surface area contributed by atoms with E-state index >= 15 is 0 Å².